The highest BCUT2D eigenvalue weighted by Gasteiger charge is 2.43. The summed E-state index contributed by atoms with van der Waals surface area (Å²) in [4.78, 5) is 60.0. The van der Waals surface area contributed by atoms with Crippen molar-refractivity contribution in [3.05, 3.63) is 24.3 Å². The summed E-state index contributed by atoms with van der Waals surface area (Å²) >= 11 is 0. The van der Waals surface area contributed by atoms with Gasteiger partial charge in [0.1, 0.15) is 6.04 Å². The molecule has 1 aliphatic heterocycles. The molecule has 4 amide bonds. The van der Waals surface area contributed by atoms with E-state index in [0.717, 1.165) is 0 Å². The van der Waals surface area contributed by atoms with Gasteiger partial charge in [0.05, 0.1) is 47.6 Å². The van der Waals surface area contributed by atoms with Crippen molar-refractivity contribution in [2.75, 3.05) is 47.6 Å². The van der Waals surface area contributed by atoms with Crippen molar-refractivity contribution >= 4 is 39.3 Å². The summed E-state index contributed by atoms with van der Waals surface area (Å²) < 4.78 is 39.8. The number of amides is 4. The molecular formula is C37H64N6O8S. The molecule has 1 aromatic rings. The minimum atomic E-state index is -4.17. The van der Waals surface area contributed by atoms with E-state index in [1.54, 1.807) is 23.8 Å². The number of nitrogens with two attached hydrogens (primary N) is 1. The zero-order chi connectivity index (χ0) is 39.7. The lowest BCUT2D eigenvalue weighted by Gasteiger charge is -2.41. The fourth-order valence-corrected chi connectivity index (χ4v) is 8.41. The van der Waals surface area contributed by atoms with Crippen LogP contribution in [0.2, 0.25) is 0 Å². The lowest BCUT2D eigenvalue weighted by atomic mass is 9.89. The molecule has 1 aromatic carbocycles. The maximum atomic E-state index is 14.2. The van der Waals surface area contributed by atoms with Crippen LogP contribution in [0.5, 0.6) is 0 Å². The van der Waals surface area contributed by atoms with Crippen LogP contribution in [0.25, 0.3) is 0 Å². The fourth-order valence-electron chi connectivity index (χ4n) is 7.34. The lowest BCUT2D eigenvalue weighted by Crippen LogP contribution is -2.59. The minimum absolute atomic E-state index is 0.0273. The number of likely N-dealkylation sites (tertiary alicyclic amines) is 1. The summed E-state index contributed by atoms with van der Waals surface area (Å²) in [6, 6.07) is 3.30. The van der Waals surface area contributed by atoms with Crippen LogP contribution >= 0.6 is 0 Å². The maximum absolute atomic E-state index is 14.2. The Labute approximate surface area is 311 Å². The van der Waals surface area contributed by atoms with Gasteiger partial charge in [0, 0.05) is 33.5 Å². The Bertz CT molecular complexity index is 1450. The molecule has 4 N–H and O–H groups in total. The molecule has 0 aromatic heterocycles. The van der Waals surface area contributed by atoms with Crippen molar-refractivity contribution in [2.45, 2.75) is 115 Å². The number of rotatable bonds is 19. The number of methoxy groups -OCH3 is 2. The van der Waals surface area contributed by atoms with Gasteiger partial charge in [-0.25, -0.2) is 13.1 Å². The number of nitrogens with one attached hydrogen (secondary N) is 2. The molecule has 0 spiro atoms. The SMILES string of the molecule is CC[C@H](C)[C@@H]([C@@H](CC(=O)N1CCC[C@H]1C(OC)[C@@H](C)C(=O)NS(=O)(=O)c1ccc(N)cc1)OC)N(C)C(=O)[C@@H](NC(=O)[C@H](C(C)C)N(C)C)C(C)C. The Kier molecular flexibility index (Phi) is 17.0. The molecule has 15 heteroatoms. The first-order valence-corrected chi connectivity index (χ1v) is 19.7. The predicted molar refractivity (Wildman–Crippen MR) is 201 cm³/mol. The topological polar surface area (TPSA) is 181 Å². The van der Waals surface area contributed by atoms with Crippen molar-refractivity contribution in [3.63, 3.8) is 0 Å². The molecule has 8 atom stereocenters. The highest BCUT2D eigenvalue weighted by Crippen LogP contribution is 2.30. The number of nitrogen functional groups attached to an aromatic ring is 1. The number of hydrogen-bond acceptors (Lipinski definition) is 10. The van der Waals surface area contributed by atoms with Crippen molar-refractivity contribution in [2.24, 2.45) is 23.7 Å². The zero-order valence-corrected chi connectivity index (χ0v) is 34.0. The van der Waals surface area contributed by atoms with Gasteiger partial charge in [0.2, 0.25) is 23.6 Å². The number of hydrogen-bond donors (Lipinski definition) is 3. The summed E-state index contributed by atoms with van der Waals surface area (Å²) in [5.41, 5.74) is 6.07. The van der Waals surface area contributed by atoms with Crippen LogP contribution in [0, 0.1) is 23.7 Å². The van der Waals surface area contributed by atoms with Crippen LogP contribution in [0.3, 0.4) is 0 Å². The molecule has 2 rings (SSSR count). The van der Waals surface area contributed by atoms with E-state index in [1.165, 1.54) is 38.5 Å². The summed E-state index contributed by atoms with van der Waals surface area (Å²) in [6.45, 7) is 13.7. The number of carbonyl (C=O) groups excluding carboxylic acids is 4. The number of carbonyl (C=O) groups is 4. The Hall–Kier alpha value is -3.27. The third kappa shape index (κ3) is 11.1. The molecule has 0 bridgehead atoms. The highest BCUT2D eigenvalue weighted by molar-refractivity contribution is 7.90. The smallest absolute Gasteiger partial charge is 0.264 e. The van der Waals surface area contributed by atoms with Gasteiger partial charge in [0.15, 0.2) is 0 Å². The van der Waals surface area contributed by atoms with Gasteiger partial charge >= 0.3 is 0 Å². The van der Waals surface area contributed by atoms with Gasteiger partial charge in [-0.15, -0.1) is 0 Å². The third-order valence-corrected chi connectivity index (χ3v) is 11.7. The summed E-state index contributed by atoms with van der Waals surface area (Å²) in [6.07, 6.45) is 0.400. The van der Waals surface area contributed by atoms with E-state index in [4.69, 9.17) is 15.2 Å². The molecule has 0 aliphatic carbocycles. The van der Waals surface area contributed by atoms with Crippen LogP contribution in [0.4, 0.5) is 5.69 Å². The molecule has 52 heavy (non-hydrogen) atoms. The van der Waals surface area contributed by atoms with E-state index < -0.39 is 58.2 Å². The molecule has 1 heterocycles. The minimum Gasteiger partial charge on any atom is -0.399 e. The van der Waals surface area contributed by atoms with E-state index in [1.807, 2.05) is 60.5 Å². The van der Waals surface area contributed by atoms with Crippen molar-refractivity contribution in [3.8, 4) is 0 Å². The zero-order valence-electron chi connectivity index (χ0n) is 33.2. The van der Waals surface area contributed by atoms with Crippen molar-refractivity contribution in [1.29, 1.82) is 0 Å². The van der Waals surface area contributed by atoms with E-state index in [2.05, 4.69) is 10.0 Å². The number of anilines is 1. The normalized spacial score (nSPS) is 19.1. The second-order valence-electron chi connectivity index (χ2n) is 15.0. The van der Waals surface area contributed by atoms with E-state index in [0.29, 0.717) is 31.5 Å². The Morgan fingerprint density at radius 1 is 0.942 bits per heavy atom. The number of likely N-dealkylation sites (N-methyl/N-ethyl adjacent to an activating group) is 2. The monoisotopic (exact) mass is 752 g/mol. The molecule has 0 saturated carbocycles. The van der Waals surface area contributed by atoms with Gasteiger partial charge in [-0.05, 0) is 69.0 Å². The molecule has 1 unspecified atom stereocenters. The van der Waals surface area contributed by atoms with Crippen LogP contribution in [-0.4, -0.2) is 125 Å². The van der Waals surface area contributed by atoms with Crippen LogP contribution in [0.1, 0.15) is 74.1 Å². The maximum Gasteiger partial charge on any atom is 0.264 e. The number of benzene rings is 1. The first-order chi connectivity index (χ1) is 24.2. The Morgan fingerprint density at radius 2 is 1.54 bits per heavy atom. The largest absolute Gasteiger partial charge is 0.399 e. The van der Waals surface area contributed by atoms with E-state index >= 15 is 0 Å². The van der Waals surface area contributed by atoms with E-state index in [9.17, 15) is 27.6 Å². The van der Waals surface area contributed by atoms with Gasteiger partial charge in [-0.2, -0.15) is 0 Å². The molecule has 1 saturated heterocycles. The highest BCUT2D eigenvalue weighted by atomic mass is 32.2. The lowest BCUT2D eigenvalue weighted by molar-refractivity contribution is -0.148. The third-order valence-electron chi connectivity index (χ3n) is 10.4. The number of sulfonamides is 1. The summed E-state index contributed by atoms with van der Waals surface area (Å²) in [5.74, 6) is -2.64. The average Bonchev–Trinajstić information content (AvgIpc) is 3.55. The number of nitrogens with zero attached hydrogens (tertiary/aromatic N) is 3. The van der Waals surface area contributed by atoms with Gasteiger partial charge in [-0.3, -0.25) is 24.1 Å². The van der Waals surface area contributed by atoms with Gasteiger partial charge < -0.3 is 30.3 Å². The Morgan fingerprint density at radius 3 is 2.02 bits per heavy atom. The Balaban J connectivity index is 2.29. The first kappa shape index (κ1) is 44.9. The second kappa shape index (κ2) is 19.7. The number of ether oxygens (including phenoxy) is 2. The van der Waals surface area contributed by atoms with Crippen LogP contribution < -0.4 is 15.8 Å². The van der Waals surface area contributed by atoms with Crippen molar-refractivity contribution < 1.29 is 37.1 Å². The molecule has 1 aliphatic rings. The standard InChI is InChI=1S/C37H64N6O8S/c1-13-24(6)33(42(10)37(47)31(22(2)3)39-36(46)32(23(4)5)41(8)9)29(50-11)21-30(44)43-20-14-15-28(43)34(51-12)25(7)35(45)40-52(48,49)27-18-16-26(38)17-19-27/h16-19,22-25,28-29,31-34H,13-15,20-21,38H2,1-12H3,(H,39,46)(H,40,45)/t24-,25+,28-,29+,31-,32-,33-,34?/m0/s1. The molecule has 0 radical (unpaired) electrons. The molecule has 14 nitrogen and oxygen atoms in total. The molecule has 296 valence electrons. The second-order valence-corrected chi connectivity index (χ2v) is 16.7. The quantitative estimate of drug-likeness (QED) is 0.178. The van der Waals surface area contributed by atoms with Crippen LogP contribution in [0.15, 0.2) is 29.2 Å². The van der Waals surface area contributed by atoms with Gasteiger partial charge in [-0.1, -0.05) is 54.9 Å². The summed E-state index contributed by atoms with van der Waals surface area (Å²) in [5, 5.41) is 3.01. The predicted octanol–water partition coefficient (Wildman–Crippen LogP) is 2.72. The van der Waals surface area contributed by atoms with Gasteiger partial charge in [0.25, 0.3) is 10.0 Å². The first-order valence-electron chi connectivity index (χ1n) is 18.2. The fraction of sp³-hybridized carbons (Fsp3) is 0.730. The molecule has 1 fully saturated rings. The average molecular weight is 753 g/mol. The van der Waals surface area contributed by atoms with Crippen molar-refractivity contribution in [1.82, 2.24) is 24.7 Å². The molecular weight excluding hydrogens is 689 g/mol. The van der Waals surface area contributed by atoms with E-state index in [-0.39, 0.29) is 46.8 Å². The summed E-state index contributed by atoms with van der Waals surface area (Å²) in [7, 11) is 4.16. The van der Waals surface area contributed by atoms with Crippen LogP contribution in [-0.2, 0) is 38.7 Å².